The molecule has 1 heterocycles. The number of hydrogen-bond acceptors (Lipinski definition) is 5. The van der Waals surface area contributed by atoms with E-state index < -0.39 is 0 Å². The molecular formula is C11H21N3O3. The number of methoxy groups -OCH3 is 1. The van der Waals surface area contributed by atoms with Crippen LogP contribution in [-0.2, 0) is 29.2 Å². The van der Waals surface area contributed by atoms with Gasteiger partial charge in [-0.2, -0.15) is 0 Å². The highest BCUT2D eigenvalue weighted by Crippen LogP contribution is 2.08. The summed E-state index contributed by atoms with van der Waals surface area (Å²) in [6.45, 7) is 6.38. The van der Waals surface area contributed by atoms with E-state index in [1.54, 1.807) is 7.11 Å². The van der Waals surface area contributed by atoms with Crippen LogP contribution < -0.4 is 0 Å². The van der Waals surface area contributed by atoms with Gasteiger partial charge >= 0.3 is 0 Å². The number of nitrogens with zero attached hydrogens (tertiary/aromatic N) is 3. The zero-order valence-electron chi connectivity index (χ0n) is 10.7. The van der Waals surface area contributed by atoms with E-state index >= 15 is 0 Å². The van der Waals surface area contributed by atoms with E-state index in [9.17, 15) is 5.11 Å². The standard InChI is InChI=1S/C11H21N3O3/c1-9(2)6-14-10(7-15)12-13-11(14)8-17-5-4-16-3/h9,15H,4-8H2,1-3H3. The Labute approximate surface area is 102 Å². The van der Waals surface area contributed by atoms with Crippen molar-refractivity contribution >= 4 is 0 Å². The van der Waals surface area contributed by atoms with Crippen molar-refractivity contribution in [1.82, 2.24) is 14.8 Å². The summed E-state index contributed by atoms with van der Waals surface area (Å²) in [6, 6.07) is 0. The molecule has 0 unspecified atom stereocenters. The van der Waals surface area contributed by atoms with Gasteiger partial charge in [-0.25, -0.2) is 0 Å². The molecule has 0 amide bonds. The smallest absolute Gasteiger partial charge is 0.159 e. The minimum absolute atomic E-state index is 0.0994. The molecular weight excluding hydrogens is 222 g/mol. The molecule has 0 radical (unpaired) electrons. The first-order chi connectivity index (χ1) is 8.19. The van der Waals surface area contributed by atoms with Gasteiger partial charge in [-0.05, 0) is 5.92 Å². The minimum atomic E-state index is -0.0994. The van der Waals surface area contributed by atoms with Crippen molar-refractivity contribution < 1.29 is 14.6 Å². The molecule has 0 spiro atoms. The van der Waals surface area contributed by atoms with Crippen LogP contribution in [0.5, 0.6) is 0 Å². The first-order valence-electron chi connectivity index (χ1n) is 5.77. The highest BCUT2D eigenvalue weighted by molar-refractivity contribution is 4.94. The van der Waals surface area contributed by atoms with Gasteiger partial charge in [0.1, 0.15) is 13.2 Å². The molecule has 1 rings (SSSR count). The third-order valence-corrected chi connectivity index (χ3v) is 2.26. The fraction of sp³-hybridized carbons (Fsp3) is 0.818. The second kappa shape index (κ2) is 7.37. The normalized spacial score (nSPS) is 11.4. The van der Waals surface area contributed by atoms with Crippen molar-refractivity contribution in [2.75, 3.05) is 20.3 Å². The van der Waals surface area contributed by atoms with Crippen molar-refractivity contribution in [2.45, 2.75) is 33.6 Å². The van der Waals surface area contributed by atoms with Gasteiger partial charge in [-0.3, -0.25) is 0 Å². The Bertz CT molecular complexity index is 326. The maximum Gasteiger partial charge on any atom is 0.159 e. The van der Waals surface area contributed by atoms with Gasteiger partial charge in [0.15, 0.2) is 11.6 Å². The van der Waals surface area contributed by atoms with Crippen LogP contribution in [0.15, 0.2) is 0 Å². The Hall–Kier alpha value is -0.980. The van der Waals surface area contributed by atoms with Crippen LogP contribution in [-0.4, -0.2) is 40.2 Å². The van der Waals surface area contributed by atoms with Crippen molar-refractivity contribution in [3.8, 4) is 0 Å². The Balaban J connectivity index is 2.60. The topological polar surface area (TPSA) is 69.4 Å². The molecule has 1 N–H and O–H groups in total. The lowest BCUT2D eigenvalue weighted by atomic mass is 10.2. The molecule has 0 saturated carbocycles. The molecule has 0 saturated heterocycles. The molecule has 0 bridgehead atoms. The number of ether oxygens (including phenoxy) is 2. The molecule has 6 heteroatoms. The average Bonchev–Trinajstić information content (AvgIpc) is 2.66. The van der Waals surface area contributed by atoms with Crippen molar-refractivity contribution in [1.29, 1.82) is 0 Å². The van der Waals surface area contributed by atoms with E-state index in [1.807, 2.05) is 4.57 Å². The number of rotatable bonds is 8. The lowest BCUT2D eigenvalue weighted by Crippen LogP contribution is -2.13. The summed E-state index contributed by atoms with van der Waals surface area (Å²) in [4.78, 5) is 0. The zero-order valence-corrected chi connectivity index (χ0v) is 10.7. The summed E-state index contributed by atoms with van der Waals surface area (Å²) in [5, 5.41) is 17.1. The summed E-state index contributed by atoms with van der Waals surface area (Å²) < 4.78 is 12.2. The van der Waals surface area contributed by atoms with Crippen LogP contribution in [0.2, 0.25) is 0 Å². The van der Waals surface area contributed by atoms with E-state index in [-0.39, 0.29) is 6.61 Å². The maximum absolute atomic E-state index is 9.17. The van der Waals surface area contributed by atoms with Gasteiger partial charge < -0.3 is 19.1 Å². The molecule has 1 aromatic rings. The van der Waals surface area contributed by atoms with Crippen molar-refractivity contribution in [2.24, 2.45) is 5.92 Å². The van der Waals surface area contributed by atoms with Crippen LogP contribution in [0.25, 0.3) is 0 Å². The van der Waals surface area contributed by atoms with Gasteiger partial charge in [-0.1, -0.05) is 13.8 Å². The second-order valence-electron chi connectivity index (χ2n) is 4.24. The van der Waals surface area contributed by atoms with Crippen molar-refractivity contribution in [3.05, 3.63) is 11.6 Å². The van der Waals surface area contributed by atoms with Gasteiger partial charge in [0.05, 0.1) is 13.2 Å². The van der Waals surface area contributed by atoms with E-state index in [1.165, 1.54) is 0 Å². The highest BCUT2D eigenvalue weighted by Gasteiger charge is 2.12. The summed E-state index contributed by atoms with van der Waals surface area (Å²) in [6.07, 6.45) is 0. The second-order valence-corrected chi connectivity index (χ2v) is 4.24. The zero-order chi connectivity index (χ0) is 12.7. The van der Waals surface area contributed by atoms with Crippen LogP contribution in [0.1, 0.15) is 25.5 Å². The lowest BCUT2D eigenvalue weighted by Gasteiger charge is -2.11. The van der Waals surface area contributed by atoms with E-state index in [2.05, 4.69) is 24.0 Å². The summed E-state index contributed by atoms with van der Waals surface area (Å²) in [5.41, 5.74) is 0. The largest absolute Gasteiger partial charge is 0.388 e. The third-order valence-electron chi connectivity index (χ3n) is 2.26. The molecule has 6 nitrogen and oxygen atoms in total. The van der Waals surface area contributed by atoms with Gasteiger partial charge in [0.2, 0.25) is 0 Å². The predicted molar refractivity (Wildman–Crippen MR) is 62.3 cm³/mol. The number of aromatic nitrogens is 3. The molecule has 0 aliphatic carbocycles. The number of aliphatic hydroxyl groups is 1. The molecule has 0 aliphatic rings. The summed E-state index contributed by atoms with van der Waals surface area (Å²) in [7, 11) is 1.63. The Kier molecular flexibility index (Phi) is 6.10. The van der Waals surface area contributed by atoms with Crippen LogP contribution in [0.3, 0.4) is 0 Å². The minimum Gasteiger partial charge on any atom is -0.388 e. The van der Waals surface area contributed by atoms with E-state index in [0.717, 1.165) is 12.4 Å². The maximum atomic E-state index is 9.17. The Morgan fingerprint density at radius 1 is 1.24 bits per heavy atom. The third kappa shape index (κ3) is 4.41. The SMILES string of the molecule is COCCOCc1nnc(CO)n1CC(C)C. The van der Waals surface area contributed by atoms with Gasteiger partial charge in [0, 0.05) is 13.7 Å². The Morgan fingerprint density at radius 2 is 1.94 bits per heavy atom. The highest BCUT2D eigenvalue weighted by atomic mass is 16.5. The lowest BCUT2D eigenvalue weighted by molar-refractivity contribution is 0.0568. The predicted octanol–water partition coefficient (Wildman–Crippen LogP) is 0.589. The van der Waals surface area contributed by atoms with E-state index in [0.29, 0.717) is 31.6 Å². The quantitative estimate of drug-likeness (QED) is 0.677. The van der Waals surface area contributed by atoms with Gasteiger partial charge in [0.25, 0.3) is 0 Å². The summed E-state index contributed by atoms with van der Waals surface area (Å²) in [5.74, 6) is 1.80. The first kappa shape index (κ1) is 14.1. The molecule has 1 aromatic heterocycles. The van der Waals surface area contributed by atoms with Crippen LogP contribution in [0.4, 0.5) is 0 Å². The van der Waals surface area contributed by atoms with E-state index in [4.69, 9.17) is 9.47 Å². The molecule has 98 valence electrons. The molecule has 0 atom stereocenters. The fourth-order valence-electron chi connectivity index (χ4n) is 1.48. The fourth-order valence-corrected chi connectivity index (χ4v) is 1.48. The number of aliphatic hydroxyl groups excluding tert-OH is 1. The average molecular weight is 243 g/mol. The Morgan fingerprint density at radius 3 is 2.53 bits per heavy atom. The van der Waals surface area contributed by atoms with Crippen molar-refractivity contribution in [3.63, 3.8) is 0 Å². The van der Waals surface area contributed by atoms with Gasteiger partial charge in [-0.15, -0.1) is 10.2 Å². The summed E-state index contributed by atoms with van der Waals surface area (Å²) >= 11 is 0. The molecule has 0 aliphatic heterocycles. The number of hydrogen-bond donors (Lipinski definition) is 1. The first-order valence-corrected chi connectivity index (χ1v) is 5.77. The molecule has 0 aromatic carbocycles. The molecule has 17 heavy (non-hydrogen) atoms. The molecule has 0 fully saturated rings. The van der Waals surface area contributed by atoms with Crippen LogP contribution in [0, 0.1) is 5.92 Å². The monoisotopic (exact) mass is 243 g/mol. The van der Waals surface area contributed by atoms with Crippen LogP contribution >= 0.6 is 0 Å².